The third-order valence-electron chi connectivity index (χ3n) is 4.43. The second-order valence-electron chi connectivity index (χ2n) is 6.47. The standard InChI is InChI=1S/C19H22N6O4S2/c1-2-8-25-18(22-23-19(25)30-14-17(26)21-7-6-20)15-4-3-5-16(13-15)31(27,28)24-9-11-29-12-10-24/h2-5,13H,1,7-12,14H2,(H,21,26). The summed E-state index contributed by atoms with van der Waals surface area (Å²) in [6.07, 6.45) is 1.67. The van der Waals surface area contributed by atoms with Gasteiger partial charge in [0, 0.05) is 25.2 Å². The van der Waals surface area contributed by atoms with E-state index >= 15 is 0 Å². The van der Waals surface area contributed by atoms with Crippen molar-refractivity contribution >= 4 is 27.7 Å². The number of carbonyl (C=O) groups is 1. The van der Waals surface area contributed by atoms with Crippen LogP contribution in [-0.2, 0) is 26.1 Å². The smallest absolute Gasteiger partial charge is 0.243 e. The molecule has 1 saturated heterocycles. The maximum Gasteiger partial charge on any atom is 0.243 e. The summed E-state index contributed by atoms with van der Waals surface area (Å²) >= 11 is 1.17. The van der Waals surface area contributed by atoms with Crippen LogP contribution >= 0.6 is 11.8 Å². The highest BCUT2D eigenvalue weighted by atomic mass is 32.2. The lowest BCUT2D eigenvalue weighted by Gasteiger charge is -2.26. The van der Waals surface area contributed by atoms with Crippen LogP contribution in [0.2, 0.25) is 0 Å². The summed E-state index contributed by atoms with van der Waals surface area (Å²) in [7, 11) is -3.65. The molecule has 3 rings (SSSR count). The summed E-state index contributed by atoms with van der Waals surface area (Å²) in [6.45, 7) is 5.44. The van der Waals surface area contributed by atoms with E-state index in [4.69, 9.17) is 10.00 Å². The summed E-state index contributed by atoms with van der Waals surface area (Å²) in [5.41, 5.74) is 0.587. The number of nitrogens with one attached hydrogen (secondary N) is 1. The topological polar surface area (TPSA) is 130 Å². The van der Waals surface area contributed by atoms with E-state index in [1.165, 1.54) is 16.1 Å². The minimum atomic E-state index is -3.65. The lowest BCUT2D eigenvalue weighted by Crippen LogP contribution is -2.40. The molecule has 0 saturated carbocycles. The fraction of sp³-hybridized carbons (Fsp3) is 0.368. The number of nitriles is 1. The number of nitrogens with zero attached hydrogens (tertiary/aromatic N) is 5. The summed E-state index contributed by atoms with van der Waals surface area (Å²) in [5.74, 6) is 0.251. The number of aromatic nitrogens is 3. The molecule has 164 valence electrons. The molecule has 1 aliphatic heterocycles. The SMILES string of the molecule is C=CCn1c(SCC(=O)NCC#N)nnc1-c1cccc(S(=O)(=O)N2CCOCC2)c1. The van der Waals surface area contributed by atoms with Crippen molar-refractivity contribution in [3.63, 3.8) is 0 Å². The molecule has 0 aliphatic carbocycles. The first-order chi connectivity index (χ1) is 15.0. The highest BCUT2D eigenvalue weighted by Gasteiger charge is 2.27. The van der Waals surface area contributed by atoms with Crippen LogP contribution < -0.4 is 5.32 Å². The highest BCUT2D eigenvalue weighted by molar-refractivity contribution is 7.99. The van der Waals surface area contributed by atoms with Crippen molar-refractivity contribution in [2.45, 2.75) is 16.6 Å². The molecule has 1 N–H and O–H groups in total. The average molecular weight is 463 g/mol. The average Bonchev–Trinajstić information content (AvgIpc) is 3.19. The van der Waals surface area contributed by atoms with Crippen LogP contribution in [0.25, 0.3) is 11.4 Å². The van der Waals surface area contributed by atoms with Crippen LogP contribution in [0, 0.1) is 11.3 Å². The van der Waals surface area contributed by atoms with Crippen molar-refractivity contribution in [2.75, 3.05) is 38.6 Å². The molecule has 1 aromatic carbocycles. The summed E-state index contributed by atoms with van der Waals surface area (Å²) in [6, 6.07) is 8.40. The molecule has 0 spiro atoms. The largest absolute Gasteiger partial charge is 0.379 e. The first-order valence-corrected chi connectivity index (χ1v) is 11.9. The third-order valence-corrected chi connectivity index (χ3v) is 7.29. The normalized spacial score (nSPS) is 14.7. The van der Waals surface area contributed by atoms with Gasteiger partial charge in [0.1, 0.15) is 6.54 Å². The minimum Gasteiger partial charge on any atom is -0.379 e. The van der Waals surface area contributed by atoms with Crippen LogP contribution in [0.5, 0.6) is 0 Å². The van der Waals surface area contributed by atoms with Gasteiger partial charge in [-0.2, -0.15) is 9.57 Å². The number of carbonyl (C=O) groups excluding carboxylic acids is 1. The maximum atomic E-state index is 13.0. The van der Waals surface area contributed by atoms with E-state index in [1.807, 2.05) is 6.07 Å². The maximum absolute atomic E-state index is 13.0. The molecule has 31 heavy (non-hydrogen) atoms. The molecule has 12 heteroatoms. The van der Waals surface area contributed by atoms with Gasteiger partial charge in [-0.1, -0.05) is 30.0 Å². The molecule has 0 atom stereocenters. The fourth-order valence-electron chi connectivity index (χ4n) is 2.95. The van der Waals surface area contributed by atoms with E-state index in [2.05, 4.69) is 22.1 Å². The van der Waals surface area contributed by atoms with E-state index < -0.39 is 10.0 Å². The second-order valence-corrected chi connectivity index (χ2v) is 9.35. The van der Waals surface area contributed by atoms with Crippen LogP contribution in [-0.4, -0.2) is 72.0 Å². The van der Waals surface area contributed by atoms with Gasteiger partial charge in [-0.25, -0.2) is 8.42 Å². The van der Waals surface area contributed by atoms with Gasteiger partial charge in [0.15, 0.2) is 11.0 Å². The Morgan fingerprint density at radius 2 is 2.13 bits per heavy atom. The van der Waals surface area contributed by atoms with Gasteiger partial charge in [-0.05, 0) is 12.1 Å². The zero-order valence-corrected chi connectivity index (χ0v) is 18.4. The van der Waals surface area contributed by atoms with Crippen molar-refractivity contribution in [1.82, 2.24) is 24.4 Å². The number of thioether (sulfide) groups is 1. The Morgan fingerprint density at radius 3 is 2.84 bits per heavy atom. The number of ether oxygens (including phenoxy) is 1. The molecule has 2 heterocycles. The Balaban J connectivity index is 1.86. The van der Waals surface area contributed by atoms with Crippen LogP contribution in [0.4, 0.5) is 0 Å². The minimum absolute atomic E-state index is 0.0611. The fourth-order valence-corrected chi connectivity index (χ4v) is 5.19. The number of benzene rings is 1. The van der Waals surface area contributed by atoms with Gasteiger partial charge < -0.3 is 10.1 Å². The van der Waals surface area contributed by atoms with E-state index in [0.29, 0.717) is 49.4 Å². The molecule has 1 aromatic heterocycles. The highest BCUT2D eigenvalue weighted by Crippen LogP contribution is 2.27. The van der Waals surface area contributed by atoms with E-state index in [-0.39, 0.29) is 23.1 Å². The molecule has 1 aliphatic rings. The van der Waals surface area contributed by atoms with Gasteiger partial charge in [0.05, 0.1) is 29.9 Å². The Labute approximate surface area is 184 Å². The predicted octanol–water partition coefficient (Wildman–Crippen LogP) is 0.884. The molecular formula is C19H22N6O4S2. The van der Waals surface area contributed by atoms with E-state index in [1.54, 1.807) is 34.9 Å². The molecule has 0 radical (unpaired) electrons. The molecule has 1 amide bonds. The lowest BCUT2D eigenvalue weighted by molar-refractivity contribution is -0.118. The number of hydrogen-bond donors (Lipinski definition) is 1. The van der Waals surface area contributed by atoms with Crippen molar-refractivity contribution in [1.29, 1.82) is 5.26 Å². The Hall–Kier alpha value is -2.72. The van der Waals surface area contributed by atoms with Gasteiger partial charge in [-0.15, -0.1) is 16.8 Å². The predicted molar refractivity (Wildman–Crippen MR) is 115 cm³/mol. The number of rotatable bonds is 9. The summed E-state index contributed by atoms with van der Waals surface area (Å²) < 4.78 is 34.4. The van der Waals surface area contributed by atoms with Crippen molar-refractivity contribution in [2.24, 2.45) is 0 Å². The van der Waals surface area contributed by atoms with Crippen LogP contribution in [0.1, 0.15) is 0 Å². The van der Waals surface area contributed by atoms with Crippen molar-refractivity contribution < 1.29 is 17.9 Å². The lowest BCUT2D eigenvalue weighted by atomic mass is 10.2. The molecule has 10 nitrogen and oxygen atoms in total. The molecule has 2 aromatic rings. The number of hydrogen-bond acceptors (Lipinski definition) is 8. The Morgan fingerprint density at radius 1 is 1.35 bits per heavy atom. The van der Waals surface area contributed by atoms with Gasteiger partial charge in [0.25, 0.3) is 0 Å². The molecule has 0 bridgehead atoms. The quantitative estimate of drug-likeness (QED) is 0.330. The number of morpholine rings is 1. The number of sulfonamides is 1. The van der Waals surface area contributed by atoms with Gasteiger partial charge in [-0.3, -0.25) is 9.36 Å². The Kier molecular flexibility index (Phi) is 7.80. The number of amides is 1. The van der Waals surface area contributed by atoms with E-state index in [9.17, 15) is 13.2 Å². The summed E-state index contributed by atoms with van der Waals surface area (Å²) in [5, 5.41) is 19.9. The molecule has 0 unspecified atom stereocenters. The zero-order valence-electron chi connectivity index (χ0n) is 16.7. The van der Waals surface area contributed by atoms with E-state index in [0.717, 1.165) is 0 Å². The van der Waals surface area contributed by atoms with Gasteiger partial charge >= 0.3 is 0 Å². The van der Waals surface area contributed by atoms with Gasteiger partial charge in [0.2, 0.25) is 15.9 Å². The van der Waals surface area contributed by atoms with Crippen LogP contribution in [0.3, 0.4) is 0 Å². The monoisotopic (exact) mass is 462 g/mol. The zero-order chi connectivity index (χ0) is 22.3. The second kappa shape index (κ2) is 10.5. The first-order valence-electron chi connectivity index (χ1n) is 9.46. The summed E-state index contributed by atoms with van der Waals surface area (Å²) in [4.78, 5) is 12.0. The number of allylic oxidation sites excluding steroid dienone is 1. The Bertz CT molecular complexity index is 1090. The molecule has 1 fully saturated rings. The van der Waals surface area contributed by atoms with Crippen molar-refractivity contribution in [3.8, 4) is 17.5 Å². The van der Waals surface area contributed by atoms with Crippen molar-refractivity contribution in [3.05, 3.63) is 36.9 Å². The van der Waals surface area contributed by atoms with Crippen LogP contribution in [0.15, 0.2) is 47.0 Å². The molecular weight excluding hydrogens is 440 g/mol. The third kappa shape index (κ3) is 5.50. The first kappa shape index (κ1) is 23.0.